The predicted molar refractivity (Wildman–Crippen MR) is 185 cm³/mol. The molecule has 0 radical (unpaired) electrons. The fourth-order valence-corrected chi connectivity index (χ4v) is 6.54. The standard InChI is InChI=1S/C38H32N4O5S/c1-4-46-32-20-25(14-19-31(32)47-23-28-11-9-8-10-27(28)22-39)21-33-37(44)42-35(26-15-17-30(45-3)18-16-26)34(24(2)40-38(42)48-33)36(43)41-29-12-6-5-7-13-29/h5-21,35H,4,23H2,1-3H3,(H,41,43)/b33-21+/t35-/m1/s1. The molecule has 5 aromatic rings. The summed E-state index contributed by atoms with van der Waals surface area (Å²) >= 11 is 1.25. The Morgan fingerprint density at radius 2 is 1.75 bits per heavy atom. The van der Waals surface area contributed by atoms with Gasteiger partial charge in [0.15, 0.2) is 16.3 Å². The van der Waals surface area contributed by atoms with Crippen LogP contribution in [-0.4, -0.2) is 24.2 Å². The van der Waals surface area contributed by atoms with Crippen molar-refractivity contribution >= 4 is 29.0 Å². The Kier molecular flexibility index (Phi) is 9.50. The highest BCUT2D eigenvalue weighted by Gasteiger charge is 2.32. The second-order valence-corrected chi connectivity index (χ2v) is 11.9. The number of amides is 1. The van der Waals surface area contributed by atoms with Crippen LogP contribution in [0, 0.1) is 11.3 Å². The molecule has 0 spiro atoms. The minimum Gasteiger partial charge on any atom is -0.497 e. The monoisotopic (exact) mass is 656 g/mol. The number of fused-ring (bicyclic) bond motifs is 1. The zero-order valence-corrected chi connectivity index (χ0v) is 27.4. The van der Waals surface area contributed by atoms with Crippen LogP contribution in [0.3, 0.4) is 0 Å². The Morgan fingerprint density at radius 1 is 1.00 bits per heavy atom. The van der Waals surface area contributed by atoms with Gasteiger partial charge in [-0.15, -0.1) is 0 Å². The molecule has 48 heavy (non-hydrogen) atoms. The summed E-state index contributed by atoms with van der Waals surface area (Å²) in [5, 5.41) is 12.4. The van der Waals surface area contributed by atoms with Gasteiger partial charge in [0.1, 0.15) is 12.4 Å². The summed E-state index contributed by atoms with van der Waals surface area (Å²) in [6.45, 7) is 4.28. The molecule has 4 aromatic carbocycles. The third-order valence-corrected chi connectivity index (χ3v) is 8.80. The molecule has 1 aliphatic rings. The number of allylic oxidation sites excluding steroid dienone is 1. The van der Waals surface area contributed by atoms with E-state index in [2.05, 4.69) is 11.4 Å². The molecule has 0 unspecified atom stereocenters. The second-order valence-electron chi connectivity index (χ2n) is 10.9. The minimum atomic E-state index is -0.718. The lowest BCUT2D eigenvalue weighted by Crippen LogP contribution is -2.40. The first-order valence-corrected chi connectivity index (χ1v) is 16.1. The highest BCUT2D eigenvalue weighted by molar-refractivity contribution is 7.07. The average Bonchev–Trinajstić information content (AvgIpc) is 3.41. The molecule has 1 amide bonds. The molecule has 9 nitrogen and oxygen atoms in total. The lowest BCUT2D eigenvalue weighted by atomic mass is 9.95. The third kappa shape index (κ3) is 6.63. The lowest BCUT2D eigenvalue weighted by molar-refractivity contribution is -0.113. The van der Waals surface area contributed by atoms with E-state index in [0.29, 0.717) is 55.7 Å². The van der Waals surface area contributed by atoms with E-state index in [0.717, 1.165) is 16.7 Å². The van der Waals surface area contributed by atoms with E-state index in [4.69, 9.17) is 19.2 Å². The number of hydrogen-bond donors (Lipinski definition) is 1. The molecule has 6 rings (SSSR count). The number of nitrogens with one attached hydrogen (secondary N) is 1. The Balaban J connectivity index is 1.39. The van der Waals surface area contributed by atoms with Gasteiger partial charge < -0.3 is 19.5 Å². The van der Waals surface area contributed by atoms with Crippen LogP contribution < -0.4 is 34.4 Å². The van der Waals surface area contributed by atoms with Crippen molar-refractivity contribution in [2.45, 2.75) is 26.5 Å². The first-order chi connectivity index (χ1) is 23.4. The normalized spacial score (nSPS) is 14.0. The van der Waals surface area contributed by atoms with Crippen molar-refractivity contribution in [3.05, 3.63) is 150 Å². The van der Waals surface area contributed by atoms with Crippen LogP contribution >= 0.6 is 11.3 Å². The van der Waals surface area contributed by atoms with Crippen molar-refractivity contribution in [3.63, 3.8) is 0 Å². The summed E-state index contributed by atoms with van der Waals surface area (Å²) in [5.74, 6) is 1.36. The van der Waals surface area contributed by atoms with Gasteiger partial charge in [0.25, 0.3) is 11.5 Å². The Bertz CT molecular complexity index is 2230. The van der Waals surface area contributed by atoms with Crippen LogP contribution in [-0.2, 0) is 11.4 Å². The SMILES string of the molecule is CCOc1cc(/C=c2/sc3n(c2=O)[C@H](c2ccc(OC)cc2)C(C(=O)Nc2ccccc2)=C(C)N=3)ccc1OCc1ccccc1C#N. The molecule has 0 aliphatic carbocycles. The number of rotatable bonds is 10. The van der Waals surface area contributed by atoms with Gasteiger partial charge in [-0.3, -0.25) is 14.2 Å². The topological polar surface area (TPSA) is 115 Å². The van der Waals surface area contributed by atoms with E-state index in [-0.39, 0.29) is 18.1 Å². The van der Waals surface area contributed by atoms with Gasteiger partial charge in [-0.25, -0.2) is 4.99 Å². The molecule has 1 aliphatic heterocycles. The molecular formula is C38H32N4O5S. The Labute approximate surface area is 281 Å². The number of hydrogen-bond acceptors (Lipinski definition) is 8. The number of thiazole rings is 1. The summed E-state index contributed by atoms with van der Waals surface area (Å²) < 4.78 is 19.4. The molecule has 2 heterocycles. The minimum absolute atomic E-state index is 0.201. The molecule has 1 aromatic heterocycles. The van der Waals surface area contributed by atoms with E-state index in [1.54, 1.807) is 36.8 Å². The van der Waals surface area contributed by atoms with Crippen LogP contribution in [0.5, 0.6) is 17.2 Å². The zero-order valence-electron chi connectivity index (χ0n) is 26.6. The van der Waals surface area contributed by atoms with Gasteiger partial charge in [0, 0.05) is 11.3 Å². The molecule has 0 saturated heterocycles. The van der Waals surface area contributed by atoms with Gasteiger partial charge in [-0.05, 0) is 73.5 Å². The van der Waals surface area contributed by atoms with Crippen molar-refractivity contribution in [1.29, 1.82) is 5.26 Å². The molecule has 0 fully saturated rings. The number of methoxy groups -OCH3 is 1. The number of nitrogens with zero attached hydrogens (tertiary/aromatic N) is 3. The molecular weight excluding hydrogens is 625 g/mol. The Hall–Kier alpha value is -5.92. The first-order valence-electron chi connectivity index (χ1n) is 15.3. The number of carbonyl (C=O) groups excluding carboxylic acids is 1. The van der Waals surface area contributed by atoms with Crippen LogP contribution in [0.4, 0.5) is 5.69 Å². The van der Waals surface area contributed by atoms with E-state index >= 15 is 0 Å². The maximum atomic E-state index is 14.2. The van der Waals surface area contributed by atoms with Crippen molar-refractivity contribution in [1.82, 2.24) is 4.57 Å². The lowest BCUT2D eigenvalue weighted by Gasteiger charge is -2.25. The molecule has 1 atom stereocenters. The molecule has 1 N–H and O–H groups in total. The van der Waals surface area contributed by atoms with Crippen molar-refractivity contribution in [3.8, 4) is 23.3 Å². The molecule has 10 heteroatoms. The summed E-state index contributed by atoms with van der Waals surface area (Å²) in [4.78, 5) is 33.2. The summed E-state index contributed by atoms with van der Waals surface area (Å²) in [6.07, 6.45) is 1.79. The zero-order chi connectivity index (χ0) is 33.6. The predicted octanol–water partition coefficient (Wildman–Crippen LogP) is 5.73. The number of aromatic nitrogens is 1. The van der Waals surface area contributed by atoms with E-state index < -0.39 is 6.04 Å². The number of benzene rings is 4. The number of para-hydroxylation sites is 1. The number of nitriles is 1. The average molecular weight is 657 g/mol. The highest BCUT2D eigenvalue weighted by Crippen LogP contribution is 2.32. The number of anilines is 1. The molecule has 240 valence electrons. The van der Waals surface area contributed by atoms with Gasteiger partial charge in [0.05, 0.1) is 47.2 Å². The van der Waals surface area contributed by atoms with Gasteiger partial charge >= 0.3 is 0 Å². The summed E-state index contributed by atoms with van der Waals surface area (Å²) in [6, 6.07) is 30.7. The maximum absolute atomic E-state index is 14.2. The summed E-state index contributed by atoms with van der Waals surface area (Å²) in [7, 11) is 1.59. The quantitative estimate of drug-likeness (QED) is 0.205. The second kappa shape index (κ2) is 14.2. The molecule has 0 bridgehead atoms. The molecule has 0 saturated carbocycles. The van der Waals surface area contributed by atoms with Crippen LogP contribution in [0.15, 0.2) is 118 Å². The number of carbonyl (C=O) groups is 1. The van der Waals surface area contributed by atoms with E-state index in [1.807, 2.05) is 91.9 Å². The van der Waals surface area contributed by atoms with Gasteiger partial charge in [0.2, 0.25) is 0 Å². The van der Waals surface area contributed by atoms with Crippen LogP contribution in [0.25, 0.3) is 6.08 Å². The fraction of sp³-hybridized carbons (Fsp3) is 0.158. The maximum Gasteiger partial charge on any atom is 0.271 e. The summed E-state index contributed by atoms with van der Waals surface area (Å²) in [5.41, 5.74) is 4.05. The number of ether oxygens (including phenoxy) is 3. The first kappa shape index (κ1) is 32.0. The smallest absolute Gasteiger partial charge is 0.271 e. The van der Waals surface area contributed by atoms with Crippen molar-refractivity contribution in [2.75, 3.05) is 19.0 Å². The Morgan fingerprint density at radius 3 is 2.48 bits per heavy atom. The largest absolute Gasteiger partial charge is 0.497 e. The van der Waals surface area contributed by atoms with Crippen LogP contribution in [0.1, 0.15) is 42.1 Å². The van der Waals surface area contributed by atoms with E-state index in [9.17, 15) is 14.9 Å². The third-order valence-electron chi connectivity index (χ3n) is 7.82. The van der Waals surface area contributed by atoms with Crippen molar-refractivity contribution in [2.24, 2.45) is 4.99 Å². The highest BCUT2D eigenvalue weighted by atomic mass is 32.1. The fourth-order valence-electron chi connectivity index (χ4n) is 5.50. The van der Waals surface area contributed by atoms with Gasteiger partial charge in [-0.1, -0.05) is 65.9 Å². The van der Waals surface area contributed by atoms with Crippen molar-refractivity contribution < 1.29 is 19.0 Å². The van der Waals surface area contributed by atoms with Gasteiger partial charge in [-0.2, -0.15) is 5.26 Å². The van der Waals surface area contributed by atoms with Crippen LogP contribution in [0.2, 0.25) is 0 Å². The van der Waals surface area contributed by atoms with E-state index in [1.165, 1.54) is 11.3 Å².